The van der Waals surface area contributed by atoms with E-state index in [9.17, 15) is 13.2 Å². The first-order valence-corrected chi connectivity index (χ1v) is 11.5. The monoisotopic (exact) mass is 398 g/mol. The number of amides is 1. The van der Waals surface area contributed by atoms with Gasteiger partial charge in [-0.15, -0.1) is 0 Å². The van der Waals surface area contributed by atoms with Crippen molar-refractivity contribution in [1.29, 1.82) is 0 Å². The fourth-order valence-corrected chi connectivity index (χ4v) is 5.76. The molecule has 2 saturated heterocycles. The van der Waals surface area contributed by atoms with Crippen LogP contribution in [0.25, 0.3) is 0 Å². The van der Waals surface area contributed by atoms with Gasteiger partial charge >= 0.3 is 0 Å². The van der Waals surface area contributed by atoms with E-state index in [0.29, 0.717) is 13.0 Å². The molecule has 152 valence electrons. The van der Waals surface area contributed by atoms with Gasteiger partial charge in [-0.05, 0) is 27.2 Å². The molecule has 2 aliphatic rings. The lowest BCUT2D eigenvalue weighted by Crippen LogP contribution is -2.56. The molecule has 0 unspecified atom stereocenters. The molecule has 0 aromatic carbocycles. The quantitative estimate of drug-likeness (QED) is 0.691. The largest absolute Gasteiger partial charge is 0.360 e. The number of hydrogen-bond donors (Lipinski definition) is 0. The van der Waals surface area contributed by atoms with Crippen LogP contribution in [-0.2, 0) is 21.2 Å². The second-order valence-electron chi connectivity index (χ2n) is 7.60. The highest BCUT2D eigenvalue weighted by molar-refractivity contribution is 7.91. The van der Waals surface area contributed by atoms with E-state index >= 15 is 0 Å². The van der Waals surface area contributed by atoms with E-state index in [1.54, 1.807) is 4.90 Å². The standard InChI is InChI=1S/C18H30N4O4S/c1-4-22(16-5-10-27(24,25)13-16)18(23)15(3)21-8-6-20(7-9-21)12-17-11-14(2)19-26-17/h11,15-16H,4-10,12-13H2,1-3H3/t15-,16-/m1/s1. The molecule has 0 bridgehead atoms. The Kier molecular flexibility index (Phi) is 6.22. The van der Waals surface area contributed by atoms with Gasteiger partial charge in [0, 0.05) is 44.8 Å². The molecule has 0 spiro atoms. The van der Waals surface area contributed by atoms with Crippen molar-refractivity contribution in [1.82, 2.24) is 19.9 Å². The van der Waals surface area contributed by atoms with Crippen LogP contribution in [0.3, 0.4) is 0 Å². The maximum absolute atomic E-state index is 13.0. The van der Waals surface area contributed by atoms with Crippen molar-refractivity contribution < 1.29 is 17.7 Å². The third kappa shape index (κ3) is 4.89. The number of piperazine rings is 1. The molecule has 0 radical (unpaired) electrons. The van der Waals surface area contributed by atoms with E-state index in [2.05, 4.69) is 15.0 Å². The molecule has 1 amide bonds. The first-order chi connectivity index (χ1) is 12.8. The Bertz CT molecular complexity index is 755. The Morgan fingerprint density at radius 3 is 2.59 bits per heavy atom. The highest BCUT2D eigenvalue weighted by Gasteiger charge is 2.37. The zero-order valence-electron chi connectivity index (χ0n) is 16.4. The van der Waals surface area contributed by atoms with Crippen LogP contribution in [0.4, 0.5) is 0 Å². The summed E-state index contributed by atoms with van der Waals surface area (Å²) in [6.45, 7) is 10.4. The van der Waals surface area contributed by atoms with E-state index in [1.807, 2.05) is 26.8 Å². The van der Waals surface area contributed by atoms with Crippen molar-refractivity contribution in [2.24, 2.45) is 0 Å². The highest BCUT2D eigenvalue weighted by atomic mass is 32.2. The van der Waals surface area contributed by atoms with E-state index in [0.717, 1.165) is 44.2 Å². The van der Waals surface area contributed by atoms with Crippen molar-refractivity contribution >= 4 is 15.7 Å². The van der Waals surface area contributed by atoms with Crippen molar-refractivity contribution in [3.05, 3.63) is 17.5 Å². The second kappa shape index (κ2) is 8.28. The van der Waals surface area contributed by atoms with Crippen molar-refractivity contribution in [2.75, 3.05) is 44.2 Å². The minimum atomic E-state index is -3.00. The molecule has 0 aliphatic carbocycles. The summed E-state index contributed by atoms with van der Waals surface area (Å²) in [4.78, 5) is 19.3. The second-order valence-corrected chi connectivity index (χ2v) is 9.83. The third-order valence-electron chi connectivity index (χ3n) is 5.64. The summed E-state index contributed by atoms with van der Waals surface area (Å²) in [6, 6.07) is 1.54. The van der Waals surface area contributed by atoms with Gasteiger partial charge in [0.2, 0.25) is 5.91 Å². The summed E-state index contributed by atoms with van der Waals surface area (Å²) in [6.07, 6.45) is 0.555. The highest BCUT2D eigenvalue weighted by Crippen LogP contribution is 2.20. The number of nitrogens with zero attached hydrogens (tertiary/aromatic N) is 4. The van der Waals surface area contributed by atoms with Crippen LogP contribution in [0.15, 0.2) is 10.6 Å². The molecule has 0 saturated carbocycles. The number of rotatable bonds is 6. The van der Waals surface area contributed by atoms with Crippen LogP contribution >= 0.6 is 0 Å². The zero-order chi connectivity index (χ0) is 19.6. The van der Waals surface area contributed by atoms with Gasteiger partial charge < -0.3 is 9.42 Å². The van der Waals surface area contributed by atoms with Crippen LogP contribution in [0.5, 0.6) is 0 Å². The summed E-state index contributed by atoms with van der Waals surface area (Å²) < 4.78 is 28.8. The van der Waals surface area contributed by atoms with E-state index in [4.69, 9.17) is 4.52 Å². The smallest absolute Gasteiger partial charge is 0.239 e. The molecule has 3 heterocycles. The average Bonchev–Trinajstić information content (AvgIpc) is 3.20. The van der Waals surface area contributed by atoms with Gasteiger partial charge in [0.15, 0.2) is 15.6 Å². The average molecular weight is 399 g/mol. The van der Waals surface area contributed by atoms with E-state index < -0.39 is 9.84 Å². The summed E-state index contributed by atoms with van der Waals surface area (Å²) in [5.74, 6) is 1.20. The molecule has 0 N–H and O–H groups in total. The SMILES string of the molecule is CCN(C(=O)[C@@H](C)N1CCN(Cc2cc(C)no2)CC1)[C@@H]1CCS(=O)(=O)C1. The Hall–Kier alpha value is -1.45. The fourth-order valence-electron chi connectivity index (χ4n) is 4.03. The van der Waals surface area contributed by atoms with Crippen molar-refractivity contribution in [3.63, 3.8) is 0 Å². The molecule has 8 nitrogen and oxygen atoms in total. The van der Waals surface area contributed by atoms with Crippen LogP contribution in [0.1, 0.15) is 31.7 Å². The fraction of sp³-hybridized carbons (Fsp3) is 0.778. The molecule has 3 rings (SSSR count). The van der Waals surface area contributed by atoms with Crippen LogP contribution in [0, 0.1) is 6.92 Å². The predicted octanol–water partition coefficient (Wildman–Crippen LogP) is 0.525. The van der Waals surface area contributed by atoms with E-state index in [1.165, 1.54) is 0 Å². The molecule has 1 aromatic heterocycles. The molecule has 9 heteroatoms. The lowest BCUT2D eigenvalue weighted by Gasteiger charge is -2.39. The van der Waals surface area contributed by atoms with Crippen molar-refractivity contribution in [2.45, 2.75) is 45.8 Å². The van der Waals surface area contributed by atoms with Gasteiger partial charge in [-0.3, -0.25) is 14.6 Å². The summed E-state index contributed by atoms with van der Waals surface area (Å²) >= 11 is 0. The molecule has 2 aliphatic heterocycles. The normalized spacial score (nSPS) is 24.8. The summed E-state index contributed by atoms with van der Waals surface area (Å²) in [7, 11) is -3.00. The van der Waals surface area contributed by atoms with Gasteiger partial charge in [0.05, 0.1) is 29.8 Å². The Morgan fingerprint density at radius 2 is 2.07 bits per heavy atom. The van der Waals surface area contributed by atoms with Gasteiger partial charge in [0.1, 0.15) is 0 Å². The van der Waals surface area contributed by atoms with Crippen LogP contribution in [-0.4, -0.2) is 90.5 Å². The van der Waals surface area contributed by atoms with Crippen LogP contribution < -0.4 is 0 Å². The topological polar surface area (TPSA) is 87.0 Å². The lowest BCUT2D eigenvalue weighted by molar-refractivity contribution is -0.138. The molecule has 1 aromatic rings. The Balaban J connectivity index is 1.53. The summed E-state index contributed by atoms with van der Waals surface area (Å²) in [5, 5.41) is 3.92. The molecule has 2 atom stereocenters. The number of carbonyl (C=O) groups is 1. The number of hydrogen-bond acceptors (Lipinski definition) is 7. The predicted molar refractivity (Wildman–Crippen MR) is 102 cm³/mol. The maximum atomic E-state index is 13.0. The zero-order valence-corrected chi connectivity index (χ0v) is 17.2. The molecule has 2 fully saturated rings. The van der Waals surface area contributed by atoms with E-state index in [-0.39, 0.29) is 29.5 Å². The Morgan fingerprint density at radius 1 is 1.37 bits per heavy atom. The third-order valence-corrected chi connectivity index (χ3v) is 7.39. The first kappa shape index (κ1) is 20.3. The number of carbonyl (C=O) groups excluding carboxylic acids is 1. The molecule has 27 heavy (non-hydrogen) atoms. The number of likely N-dealkylation sites (N-methyl/N-ethyl adjacent to an activating group) is 1. The maximum Gasteiger partial charge on any atom is 0.239 e. The van der Waals surface area contributed by atoms with Gasteiger partial charge in [-0.2, -0.15) is 0 Å². The number of aryl methyl sites for hydroxylation is 1. The van der Waals surface area contributed by atoms with Crippen LogP contribution in [0.2, 0.25) is 0 Å². The Labute approximate surface area is 161 Å². The number of sulfone groups is 1. The number of aromatic nitrogens is 1. The molecular formula is C18H30N4O4S. The van der Waals surface area contributed by atoms with Gasteiger partial charge in [0.25, 0.3) is 0 Å². The first-order valence-electron chi connectivity index (χ1n) is 9.68. The minimum Gasteiger partial charge on any atom is -0.360 e. The van der Waals surface area contributed by atoms with Gasteiger partial charge in [-0.25, -0.2) is 8.42 Å². The van der Waals surface area contributed by atoms with Gasteiger partial charge in [-0.1, -0.05) is 5.16 Å². The summed E-state index contributed by atoms with van der Waals surface area (Å²) in [5.41, 5.74) is 0.886. The lowest BCUT2D eigenvalue weighted by atomic mass is 10.1. The van der Waals surface area contributed by atoms with Crippen molar-refractivity contribution in [3.8, 4) is 0 Å². The minimum absolute atomic E-state index is 0.0407. The molecular weight excluding hydrogens is 368 g/mol.